The summed E-state index contributed by atoms with van der Waals surface area (Å²) in [7, 11) is 0. The number of anilines is 3. The van der Waals surface area contributed by atoms with Gasteiger partial charge in [-0.05, 0) is 51.7 Å². The summed E-state index contributed by atoms with van der Waals surface area (Å²) in [4.78, 5) is 34.2. The van der Waals surface area contributed by atoms with E-state index in [1.165, 1.54) is 12.0 Å². The summed E-state index contributed by atoms with van der Waals surface area (Å²) in [6.45, 7) is 8.81. The fourth-order valence-corrected chi connectivity index (χ4v) is 6.53. The van der Waals surface area contributed by atoms with E-state index >= 15 is 0 Å². The molecule has 4 heterocycles. The second kappa shape index (κ2) is 7.91. The van der Waals surface area contributed by atoms with Gasteiger partial charge >= 0.3 is 0 Å². The van der Waals surface area contributed by atoms with E-state index in [4.69, 9.17) is 9.97 Å². The van der Waals surface area contributed by atoms with E-state index in [-0.39, 0.29) is 22.9 Å². The van der Waals surface area contributed by atoms with Gasteiger partial charge in [0.15, 0.2) is 0 Å². The summed E-state index contributed by atoms with van der Waals surface area (Å²) in [6.07, 6.45) is 9.94. The first-order chi connectivity index (χ1) is 16.8. The van der Waals surface area contributed by atoms with Crippen molar-refractivity contribution in [2.24, 2.45) is 5.41 Å². The number of carbonyl (C=O) groups is 1. The fraction of sp³-hybridized carbons (Fsp3) is 0.593. The quantitative estimate of drug-likeness (QED) is 0.670. The van der Waals surface area contributed by atoms with Gasteiger partial charge < -0.3 is 14.7 Å². The van der Waals surface area contributed by atoms with Gasteiger partial charge in [0.25, 0.3) is 0 Å². The van der Waals surface area contributed by atoms with Crippen molar-refractivity contribution in [1.82, 2.24) is 19.9 Å². The van der Waals surface area contributed by atoms with E-state index in [2.05, 4.69) is 46.5 Å². The number of amides is 1. The molecule has 2 aromatic heterocycles. The number of fused-ring (bicyclic) bond motifs is 2. The van der Waals surface area contributed by atoms with E-state index in [0.717, 1.165) is 69.2 Å². The zero-order chi connectivity index (χ0) is 24.4. The summed E-state index contributed by atoms with van der Waals surface area (Å²) in [6, 6.07) is 6.11. The lowest BCUT2D eigenvalue weighted by molar-refractivity contribution is -0.149. The van der Waals surface area contributed by atoms with E-state index < -0.39 is 0 Å². The third-order valence-corrected chi connectivity index (χ3v) is 9.01. The van der Waals surface area contributed by atoms with Crippen LogP contribution < -0.4 is 9.80 Å². The number of aromatic nitrogens is 3. The molecule has 2 saturated carbocycles. The SMILES string of the molecule is C[C@@H]1CN(c2ncnc3c2C2(CCC2)CN3c2cc(C#N)ccn2)[C@@H](C)CN1C(=O)C1(C)CCC1. The van der Waals surface area contributed by atoms with Gasteiger partial charge in [-0.25, -0.2) is 15.0 Å². The largest absolute Gasteiger partial charge is 0.350 e. The lowest BCUT2D eigenvalue weighted by Crippen LogP contribution is -2.61. The van der Waals surface area contributed by atoms with Crippen LogP contribution in [0.5, 0.6) is 0 Å². The Kier molecular flexibility index (Phi) is 5.03. The summed E-state index contributed by atoms with van der Waals surface area (Å²) in [5, 5.41) is 9.40. The molecule has 2 atom stereocenters. The highest BCUT2D eigenvalue weighted by Crippen LogP contribution is 2.56. The first-order valence-electron chi connectivity index (χ1n) is 12.9. The third kappa shape index (κ3) is 3.31. The summed E-state index contributed by atoms with van der Waals surface area (Å²) >= 11 is 0. The van der Waals surface area contributed by atoms with Crippen LogP contribution in [0.25, 0.3) is 0 Å². The Morgan fingerprint density at radius 2 is 1.80 bits per heavy atom. The zero-order valence-corrected chi connectivity index (χ0v) is 20.9. The molecular formula is C27H33N7O. The highest BCUT2D eigenvalue weighted by Gasteiger charge is 2.52. The number of hydrogen-bond acceptors (Lipinski definition) is 7. The van der Waals surface area contributed by atoms with Crippen LogP contribution in [-0.4, -0.2) is 57.5 Å². The molecule has 2 aromatic rings. The molecule has 2 aliphatic carbocycles. The Morgan fingerprint density at radius 3 is 2.46 bits per heavy atom. The van der Waals surface area contributed by atoms with Crippen LogP contribution >= 0.6 is 0 Å². The van der Waals surface area contributed by atoms with Crippen molar-refractivity contribution < 1.29 is 4.79 Å². The average Bonchev–Trinajstić information content (AvgIpc) is 3.20. The number of nitrogens with zero attached hydrogens (tertiary/aromatic N) is 7. The van der Waals surface area contributed by atoms with Crippen molar-refractivity contribution >= 4 is 23.4 Å². The first-order valence-corrected chi connectivity index (χ1v) is 12.9. The van der Waals surface area contributed by atoms with Crippen molar-refractivity contribution in [2.45, 2.75) is 76.8 Å². The highest BCUT2D eigenvalue weighted by molar-refractivity contribution is 5.84. The zero-order valence-electron chi connectivity index (χ0n) is 20.9. The fourth-order valence-electron chi connectivity index (χ4n) is 6.53. The second-order valence-electron chi connectivity index (χ2n) is 11.4. The smallest absolute Gasteiger partial charge is 0.228 e. The maximum absolute atomic E-state index is 13.3. The van der Waals surface area contributed by atoms with Gasteiger partial charge in [0, 0.05) is 54.3 Å². The normalized spacial score (nSPS) is 26.1. The number of rotatable bonds is 3. The molecule has 8 nitrogen and oxygen atoms in total. The molecule has 6 rings (SSSR count). The van der Waals surface area contributed by atoms with Crippen LogP contribution in [0.15, 0.2) is 24.7 Å². The molecule has 8 heteroatoms. The molecular weight excluding hydrogens is 438 g/mol. The number of hydrogen-bond donors (Lipinski definition) is 0. The van der Waals surface area contributed by atoms with E-state index in [9.17, 15) is 10.1 Å². The average molecular weight is 472 g/mol. The van der Waals surface area contributed by atoms with E-state index in [1.54, 1.807) is 18.6 Å². The second-order valence-corrected chi connectivity index (χ2v) is 11.4. The van der Waals surface area contributed by atoms with Crippen LogP contribution in [0.3, 0.4) is 0 Å². The van der Waals surface area contributed by atoms with Crippen molar-refractivity contribution in [3.05, 3.63) is 35.8 Å². The van der Waals surface area contributed by atoms with Gasteiger partial charge in [0.05, 0.1) is 11.6 Å². The minimum atomic E-state index is -0.173. The van der Waals surface area contributed by atoms with Crippen LogP contribution in [0.1, 0.15) is 70.4 Å². The van der Waals surface area contributed by atoms with Crippen LogP contribution in [0.2, 0.25) is 0 Å². The van der Waals surface area contributed by atoms with Gasteiger partial charge in [0.2, 0.25) is 5.91 Å². The number of piperazine rings is 1. The van der Waals surface area contributed by atoms with Gasteiger partial charge in [0.1, 0.15) is 23.8 Å². The van der Waals surface area contributed by atoms with Crippen molar-refractivity contribution in [3.63, 3.8) is 0 Å². The topological polar surface area (TPSA) is 89.2 Å². The molecule has 0 aromatic carbocycles. The predicted molar refractivity (Wildman–Crippen MR) is 133 cm³/mol. The molecule has 0 unspecified atom stereocenters. The third-order valence-electron chi connectivity index (χ3n) is 9.01. The summed E-state index contributed by atoms with van der Waals surface area (Å²) < 4.78 is 0. The maximum Gasteiger partial charge on any atom is 0.228 e. The van der Waals surface area contributed by atoms with Crippen LogP contribution in [0.4, 0.5) is 17.5 Å². The van der Waals surface area contributed by atoms with E-state index in [1.807, 2.05) is 6.07 Å². The van der Waals surface area contributed by atoms with Gasteiger partial charge in [-0.1, -0.05) is 19.8 Å². The Labute approximate surface area is 207 Å². The summed E-state index contributed by atoms with van der Waals surface area (Å²) in [5.74, 6) is 3.01. The number of nitriles is 1. The van der Waals surface area contributed by atoms with Gasteiger partial charge in [-0.3, -0.25) is 4.79 Å². The predicted octanol–water partition coefficient (Wildman–Crippen LogP) is 3.93. The molecule has 0 radical (unpaired) electrons. The molecule has 0 bridgehead atoms. The monoisotopic (exact) mass is 471 g/mol. The molecule has 35 heavy (non-hydrogen) atoms. The van der Waals surface area contributed by atoms with Crippen molar-refractivity contribution in [1.29, 1.82) is 5.26 Å². The minimum absolute atomic E-state index is 0.0194. The Morgan fingerprint density at radius 1 is 1.06 bits per heavy atom. The molecule has 3 fully saturated rings. The van der Waals surface area contributed by atoms with Gasteiger partial charge in [-0.2, -0.15) is 5.26 Å². The molecule has 1 saturated heterocycles. The molecule has 2 aliphatic heterocycles. The molecule has 182 valence electrons. The summed E-state index contributed by atoms with van der Waals surface area (Å²) in [5.41, 5.74) is 1.67. The van der Waals surface area contributed by atoms with Crippen molar-refractivity contribution in [3.8, 4) is 6.07 Å². The molecule has 4 aliphatic rings. The van der Waals surface area contributed by atoms with Crippen molar-refractivity contribution in [2.75, 3.05) is 29.4 Å². The Bertz CT molecular complexity index is 1210. The number of pyridine rings is 1. The Balaban J connectivity index is 1.35. The lowest BCUT2D eigenvalue weighted by Gasteiger charge is -2.50. The lowest BCUT2D eigenvalue weighted by atomic mass is 9.66. The highest BCUT2D eigenvalue weighted by atomic mass is 16.2. The molecule has 1 amide bonds. The molecule has 0 N–H and O–H groups in total. The van der Waals surface area contributed by atoms with E-state index in [0.29, 0.717) is 11.5 Å². The van der Waals surface area contributed by atoms with Crippen LogP contribution in [0, 0.1) is 16.7 Å². The minimum Gasteiger partial charge on any atom is -0.350 e. The standard InChI is InChI=1S/C27H33N7O/c1-18-15-33(25(35)26(3)7-4-8-26)19(2)14-32(18)23-22-24(31-17-30-23)34(16-27(22)9-5-10-27)21-12-20(13-28)6-11-29-21/h6,11-12,17-19H,4-5,7-10,14-16H2,1-3H3/t18-,19+/m0/s1. The number of carbonyl (C=O) groups excluding carboxylic acids is 1. The first kappa shape index (κ1) is 22.3. The molecule has 1 spiro atoms. The maximum atomic E-state index is 13.3. The Hall–Kier alpha value is -3.21. The van der Waals surface area contributed by atoms with Crippen LogP contribution in [-0.2, 0) is 10.2 Å². The van der Waals surface area contributed by atoms with Gasteiger partial charge in [-0.15, -0.1) is 0 Å².